The first kappa shape index (κ1) is 11.7. The molecule has 0 heterocycles. The molecule has 2 aromatic rings. The van der Waals surface area contributed by atoms with Gasteiger partial charge in [0.1, 0.15) is 0 Å². The molecular formula is C15H18N2. The lowest BCUT2D eigenvalue weighted by molar-refractivity contribution is 0.704. The van der Waals surface area contributed by atoms with Crippen molar-refractivity contribution in [2.45, 2.75) is 12.5 Å². The van der Waals surface area contributed by atoms with E-state index in [-0.39, 0.29) is 6.04 Å². The molecule has 0 radical (unpaired) electrons. The summed E-state index contributed by atoms with van der Waals surface area (Å²) >= 11 is 0. The van der Waals surface area contributed by atoms with Crippen molar-refractivity contribution in [2.24, 2.45) is 5.73 Å². The monoisotopic (exact) mass is 226 g/mol. The summed E-state index contributed by atoms with van der Waals surface area (Å²) in [7, 11) is 0. The van der Waals surface area contributed by atoms with Crippen LogP contribution < -0.4 is 11.1 Å². The van der Waals surface area contributed by atoms with Gasteiger partial charge in [-0.15, -0.1) is 0 Å². The molecule has 0 saturated carbocycles. The smallest absolute Gasteiger partial charge is 0.0525 e. The Balaban J connectivity index is 2.13. The van der Waals surface area contributed by atoms with Crippen molar-refractivity contribution in [3.8, 4) is 0 Å². The Hall–Kier alpha value is -1.80. The summed E-state index contributed by atoms with van der Waals surface area (Å²) < 4.78 is 0. The molecular weight excluding hydrogens is 208 g/mol. The molecule has 0 spiro atoms. The van der Waals surface area contributed by atoms with Crippen molar-refractivity contribution in [1.29, 1.82) is 0 Å². The Bertz CT molecular complexity index is 425. The molecule has 2 rings (SSSR count). The second-order valence-corrected chi connectivity index (χ2v) is 4.05. The van der Waals surface area contributed by atoms with Crippen molar-refractivity contribution in [1.82, 2.24) is 0 Å². The normalized spacial score (nSPS) is 12.1. The molecule has 0 amide bonds. The molecule has 2 heteroatoms. The van der Waals surface area contributed by atoms with Crippen LogP contribution in [0.1, 0.15) is 18.0 Å². The maximum Gasteiger partial charge on any atom is 0.0525 e. The lowest BCUT2D eigenvalue weighted by Crippen LogP contribution is -2.15. The van der Waals surface area contributed by atoms with Crippen LogP contribution >= 0.6 is 0 Å². The second-order valence-electron chi connectivity index (χ2n) is 4.05. The van der Waals surface area contributed by atoms with Crippen LogP contribution in [-0.2, 0) is 0 Å². The van der Waals surface area contributed by atoms with E-state index in [2.05, 4.69) is 41.7 Å². The highest BCUT2D eigenvalue weighted by Crippen LogP contribution is 2.21. The van der Waals surface area contributed by atoms with Gasteiger partial charge in [-0.1, -0.05) is 48.5 Å². The van der Waals surface area contributed by atoms with Gasteiger partial charge >= 0.3 is 0 Å². The highest BCUT2D eigenvalue weighted by Gasteiger charge is 2.09. The average molecular weight is 226 g/mol. The summed E-state index contributed by atoms with van der Waals surface area (Å²) in [5.41, 5.74) is 8.09. The van der Waals surface area contributed by atoms with E-state index in [0.29, 0.717) is 6.54 Å². The number of hydrogen-bond acceptors (Lipinski definition) is 2. The Morgan fingerprint density at radius 3 is 2.06 bits per heavy atom. The zero-order chi connectivity index (χ0) is 11.9. The van der Waals surface area contributed by atoms with Gasteiger partial charge in [-0.25, -0.2) is 0 Å². The van der Waals surface area contributed by atoms with Crippen LogP contribution in [0.4, 0.5) is 5.69 Å². The number of rotatable bonds is 5. The zero-order valence-corrected chi connectivity index (χ0v) is 9.84. The number of para-hydroxylation sites is 1. The fourth-order valence-corrected chi connectivity index (χ4v) is 1.91. The van der Waals surface area contributed by atoms with Gasteiger partial charge in [0, 0.05) is 5.69 Å². The second kappa shape index (κ2) is 6.06. The van der Waals surface area contributed by atoms with Crippen molar-refractivity contribution >= 4 is 5.69 Å². The molecule has 0 fully saturated rings. The molecule has 2 aromatic carbocycles. The summed E-state index contributed by atoms with van der Waals surface area (Å²) in [4.78, 5) is 0. The maximum atomic E-state index is 5.68. The van der Waals surface area contributed by atoms with Crippen LogP contribution in [0.5, 0.6) is 0 Å². The molecule has 0 aromatic heterocycles. The third kappa shape index (κ3) is 3.33. The Morgan fingerprint density at radius 1 is 0.882 bits per heavy atom. The number of hydrogen-bond donors (Lipinski definition) is 2. The topological polar surface area (TPSA) is 38.0 Å². The lowest BCUT2D eigenvalue weighted by atomic mass is 10.0. The van der Waals surface area contributed by atoms with E-state index in [0.717, 1.165) is 12.1 Å². The van der Waals surface area contributed by atoms with E-state index < -0.39 is 0 Å². The highest BCUT2D eigenvalue weighted by atomic mass is 14.9. The van der Waals surface area contributed by atoms with Crippen LogP contribution in [0.2, 0.25) is 0 Å². The minimum Gasteiger partial charge on any atom is -0.378 e. The number of nitrogens with two attached hydrogens (primary N) is 1. The van der Waals surface area contributed by atoms with Gasteiger partial charge in [0.25, 0.3) is 0 Å². The van der Waals surface area contributed by atoms with E-state index in [9.17, 15) is 0 Å². The summed E-state index contributed by atoms with van der Waals surface area (Å²) in [5, 5.41) is 3.52. The summed E-state index contributed by atoms with van der Waals surface area (Å²) in [5.74, 6) is 0. The van der Waals surface area contributed by atoms with Gasteiger partial charge in [0.2, 0.25) is 0 Å². The van der Waals surface area contributed by atoms with Crippen molar-refractivity contribution in [3.63, 3.8) is 0 Å². The molecule has 0 bridgehead atoms. The Kier molecular flexibility index (Phi) is 4.17. The summed E-state index contributed by atoms with van der Waals surface area (Å²) in [6.45, 7) is 0.680. The van der Waals surface area contributed by atoms with E-state index in [1.165, 1.54) is 5.56 Å². The maximum absolute atomic E-state index is 5.68. The Morgan fingerprint density at radius 2 is 1.47 bits per heavy atom. The molecule has 0 aliphatic carbocycles. The third-order valence-corrected chi connectivity index (χ3v) is 2.77. The molecule has 3 N–H and O–H groups in total. The van der Waals surface area contributed by atoms with Crippen LogP contribution in [0.25, 0.3) is 0 Å². The molecule has 1 atom stereocenters. The summed E-state index contributed by atoms with van der Waals surface area (Å²) in [6.07, 6.45) is 0.929. The largest absolute Gasteiger partial charge is 0.378 e. The van der Waals surface area contributed by atoms with Crippen molar-refractivity contribution < 1.29 is 0 Å². The predicted octanol–water partition coefficient (Wildman–Crippen LogP) is 3.19. The molecule has 17 heavy (non-hydrogen) atoms. The van der Waals surface area contributed by atoms with Gasteiger partial charge in [-0.05, 0) is 30.7 Å². The molecule has 1 unspecified atom stereocenters. The Labute approximate surface area is 102 Å². The SMILES string of the molecule is NCCC(Nc1ccccc1)c1ccccc1. The standard InChI is InChI=1S/C15H18N2/c16-12-11-15(13-7-3-1-4-8-13)17-14-9-5-2-6-10-14/h1-10,15,17H,11-12,16H2. The van der Waals surface area contributed by atoms with Crippen LogP contribution in [-0.4, -0.2) is 6.54 Å². The van der Waals surface area contributed by atoms with Gasteiger partial charge < -0.3 is 11.1 Å². The van der Waals surface area contributed by atoms with Crippen LogP contribution in [0.15, 0.2) is 60.7 Å². The molecule has 0 saturated heterocycles. The summed E-state index contributed by atoms with van der Waals surface area (Å²) in [6, 6.07) is 20.9. The quantitative estimate of drug-likeness (QED) is 0.821. The van der Waals surface area contributed by atoms with E-state index >= 15 is 0 Å². The molecule has 88 valence electrons. The van der Waals surface area contributed by atoms with Gasteiger partial charge in [-0.3, -0.25) is 0 Å². The number of anilines is 1. The van der Waals surface area contributed by atoms with E-state index in [1.54, 1.807) is 0 Å². The van der Waals surface area contributed by atoms with E-state index in [4.69, 9.17) is 5.73 Å². The van der Waals surface area contributed by atoms with Gasteiger partial charge in [0.05, 0.1) is 6.04 Å². The fourth-order valence-electron chi connectivity index (χ4n) is 1.91. The molecule has 0 aliphatic rings. The first-order valence-electron chi connectivity index (χ1n) is 5.97. The lowest BCUT2D eigenvalue weighted by Gasteiger charge is -2.19. The van der Waals surface area contributed by atoms with Crippen LogP contribution in [0.3, 0.4) is 0 Å². The minimum atomic E-state index is 0.281. The third-order valence-electron chi connectivity index (χ3n) is 2.77. The van der Waals surface area contributed by atoms with Gasteiger partial charge in [-0.2, -0.15) is 0 Å². The van der Waals surface area contributed by atoms with Crippen LogP contribution in [0, 0.1) is 0 Å². The molecule has 0 aliphatic heterocycles. The average Bonchev–Trinajstić information content (AvgIpc) is 2.40. The van der Waals surface area contributed by atoms with Crippen molar-refractivity contribution in [3.05, 3.63) is 66.2 Å². The first-order valence-corrected chi connectivity index (χ1v) is 5.97. The predicted molar refractivity (Wildman–Crippen MR) is 72.9 cm³/mol. The fraction of sp³-hybridized carbons (Fsp3) is 0.200. The highest BCUT2D eigenvalue weighted by molar-refractivity contribution is 5.45. The number of nitrogens with one attached hydrogen (secondary N) is 1. The van der Waals surface area contributed by atoms with E-state index in [1.807, 2.05) is 24.3 Å². The first-order chi connectivity index (χ1) is 8.40. The minimum absolute atomic E-state index is 0.281. The van der Waals surface area contributed by atoms with Crippen molar-refractivity contribution in [2.75, 3.05) is 11.9 Å². The zero-order valence-electron chi connectivity index (χ0n) is 9.84. The number of benzene rings is 2. The van der Waals surface area contributed by atoms with Gasteiger partial charge in [0.15, 0.2) is 0 Å². The molecule has 2 nitrogen and oxygen atoms in total.